The molecule has 5 nitrogen and oxygen atoms in total. The molecule has 1 aromatic heterocycles. The van der Waals surface area contributed by atoms with Crippen molar-refractivity contribution in [3.05, 3.63) is 53.1 Å². The molecule has 0 aliphatic carbocycles. The van der Waals surface area contributed by atoms with Crippen molar-refractivity contribution in [3.8, 4) is 0 Å². The zero-order valence-corrected chi connectivity index (χ0v) is 10.7. The lowest BCUT2D eigenvalue weighted by Crippen LogP contribution is -2.36. The second-order valence-electron chi connectivity index (χ2n) is 4.69. The van der Waals surface area contributed by atoms with Gasteiger partial charge in [-0.2, -0.15) is 0 Å². The van der Waals surface area contributed by atoms with Gasteiger partial charge in [0, 0.05) is 18.3 Å². The molecular formula is C14H13FN4O. The minimum Gasteiger partial charge on any atom is -0.368 e. The third kappa shape index (κ3) is 2.32. The van der Waals surface area contributed by atoms with Crippen molar-refractivity contribution >= 4 is 11.9 Å². The van der Waals surface area contributed by atoms with Crippen LogP contribution in [0.1, 0.15) is 21.6 Å². The first kappa shape index (κ1) is 12.5. The molecule has 0 saturated heterocycles. The van der Waals surface area contributed by atoms with Gasteiger partial charge in [0.25, 0.3) is 5.91 Å². The molecule has 0 unspecified atom stereocenters. The highest BCUT2D eigenvalue weighted by Crippen LogP contribution is 2.19. The third-order valence-corrected chi connectivity index (χ3v) is 3.32. The maximum Gasteiger partial charge on any atom is 0.254 e. The summed E-state index contributed by atoms with van der Waals surface area (Å²) in [6, 6.07) is 5.69. The van der Waals surface area contributed by atoms with E-state index in [2.05, 4.69) is 9.97 Å². The number of nitrogens with two attached hydrogens (primary N) is 1. The zero-order chi connectivity index (χ0) is 14.1. The van der Waals surface area contributed by atoms with Gasteiger partial charge in [0.05, 0.1) is 12.2 Å². The number of rotatable bonds is 1. The number of carbonyl (C=O) groups is 1. The van der Waals surface area contributed by atoms with E-state index in [4.69, 9.17) is 5.73 Å². The Labute approximate surface area is 115 Å². The molecule has 0 saturated carbocycles. The first-order valence-corrected chi connectivity index (χ1v) is 6.28. The molecule has 2 aromatic rings. The highest BCUT2D eigenvalue weighted by Gasteiger charge is 2.23. The maximum absolute atomic E-state index is 13.2. The van der Waals surface area contributed by atoms with Crippen molar-refractivity contribution in [2.24, 2.45) is 0 Å². The molecule has 6 heteroatoms. The number of fused-ring (bicyclic) bond motifs is 1. The fraction of sp³-hybridized carbons (Fsp3) is 0.214. The molecule has 102 valence electrons. The van der Waals surface area contributed by atoms with Crippen molar-refractivity contribution in [1.29, 1.82) is 0 Å². The number of aromatic nitrogens is 2. The second-order valence-corrected chi connectivity index (χ2v) is 4.69. The van der Waals surface area contributed by atoms with Gasteiger partial charge in [0.2, 0.25) is 5.95 Å². The SMILES string of the molecule is Nc1ncc2c(n1)CN(C(=O)c1cccc(F)c1)CC2. The van der Waals surface area contributed by atoms with E-state index in [1.807, 2.05) is 0 Å². The van der Waals surface area contributed by atoms with E-state index in [9.17, 15) is 9.18 Å². The Morgan fingerprint density at radius 2 is 2.25 bits per heavy atom. The molecular weight excluding hydrogens is 259 g/mol. The Morgan fingerprint density at radius 1 is 1.40 bits per heavy atom. The first-order valence-electron chi connectivity index (χ1n) is 6.28. The van der Waals surface area contributed by atoms with Crippen LogP contribution in [0.3, 0.4) is 0 Å². The molecule has 1 aromatic carbocycles. The second kappa shape index (κ2) is 4.88. The van der Waals surface area contributed by atoms with E-state index in [1.165, 1.54) is 18.2 Å². The minimum atomic E-state index is -0.417. The summed E-state index contributed by atoms with van der Waals surface area (Å²) in [4.78, 5) is 22.1. The summed E-state index contributed by atoms with van der Waals surface area (Å²) in [5.74, 6) is -0.420. The Morgan fingerprint density at radius 3 is 3.05 bits per heavy atom. The van der Waals surface area contributed by atoms with E-state index in [-0.39, 0.29) is 11.9 Å². The quantitative estimate of drug-likeness (QED) is 0.851. The molecule has 1 amide bonds. The van der Waals surface area contributed by atoms with Gasteiger partial charge in [0.1, 0.15) is 5.82 Å². The monoisotopic (exact) mass is 272 g/mol. The fourth-order valence-corrected chi connectivity index (χ4v) is 2.30. The van der Waals surface area contributed by atoms with Gasteiger partial charge < -0.3 is 10.6 Å². The summed E-state index contributed by atoms with van der Waals surface area (Å²) in [6.07, 6.45) is 2.37. The summed E-state index contributed by atoms with van der Waals surface area (Å²) < 4.78 is 13.2. The lowest BCUT2D eigenvalue weighted by Gasteiger charge is -2.28. The number of nitrogen functional groups attached to an aromatic ring is 1. The minimum absolute atomic E-state index is 0.198. The van der Waals surface area contributed by atoms with E-state index >= 15 is 0 Å². The molecule has 20 heavy (non-hydrogen) atoms. The molecule has 0 spiro atoms. The smallest absolute Gasteiger partial charge is 0.254 e. The number of nitrogens with zero attached hydrogens (tertiary/aromatic N) is 3. The van der Waals surface area contributed by atoms with Gasteiger partial charge in [0.15, 0.2) is 0 Å². The van der Waals surface area contributed by atoms with Crippen LogP contribution in [0.5, 0.6) is 0 Å². The van der Waals surface area contributed by atoms with Crippen molar-refractivity contribution in [2.75, 3.05) is 12.3 Å². The Balaban J connectivity index is 1.84. The van der Waals surface area contributed by atoms with Crippen LogP contribution in [-0.2, 0) is 13.0 Å². The molecule has 1 aliphatic heterocycles. The van der Waals surface area contributed by atoms with Crippen LogP contribution in [0.2, 0.25) is 0 Å². The summed E-state index contributed by atoms with van der Waals surface area (Å²) in [7, 11) is 0. The molecule has 1 aliphatic rings. The molecule has 0 atom stereocenters. The van der Waals surface area contributed by atoms with E-state index in [0.717, 1.165) is 11.3 Å². The van der Waals surface area contributed by atoms with Crippen LogP contribution in [0.4, 0.5) is 10.3 Å². The highest BCUT2D eigenvalue weighted by molar-refractivity contribution is 5.94. The number of carbonyl (C=O) groups excluding carboxylic acids is 1. The van der Waals surface area contributed by atoms with Gasteiger partial charge in [-0.15, -0.1) is 0 Å². The van der Waals surface area contributed by atoms with Crippen molar-refractivity contribution in [2.45, 2.75) is 13.0 Å². The van der Waals surface area contributed by atoms with Crippen LogP contribution < -0.4 is 5.73 Å². The van der Waals surface area contributed by atoms with E-state index in [1.54, 1.807) is 17.2 Å². The Kier molecular flexibility index (Phi) is 3.06. The predicted molar refractivity (Wildman–Crippen MR) is 71.3 cm³/mol. The molecule has 0 radical (unpaired) electrons. The lowest BCUT2D eigenvalue weighted by molar-refractivity contribution is 0.0731. The van der Waals surface area contributed by atoms with Crippen LogP contribution in [0.15, 0.2) is 30.5 Å². The average Bonchev–Trinajstić information content (AvgIpc) is 2.45. The standard InChI is InChI=1S/C14H13FN4O/c15-11-3-1-2-9(6-11)13(20)19-5-4-10-7-17-14(16)18-12(10)8-19/h1-3,6-7H,4-5,8H2,(H2,16,17,18). The number of halogens is 1. The Bertz CT molecular complexity index is 674. The summed E-state index contributed by atoms with van der Waals surface area (Å²) in [5, 5.41) is 0. The normalized spacial score (nSPS) is 13.9. The predicted octanol–water partition coefficient (Wildman–Crippen LogP) is 1.40. The van der Waals surface area contributed by atoms with Gasteiger partial charge >= 0.3 is 0 Å². The number of hydrogen-bond acceptors (Lipinski definition) is 4. The van der Waals surface area contributed by atoms with Gasteiger partial charge in [-0.1, -0.05) is 6.07 Å². The maximum atomic E-state index is 13.2. The average molecular weight is 272 g/mol. The summed E-state index contributed by atoms with van der Waals surface area (Å²) in [5.41, 5.74) is 7.66. The summed E-state index contributed by atoms with van der Waals surface area (Å²) in [6.45, 7) is 0.938. The van der Waals surface area contributed by atoms with Crippen LogP contribution in [0, 0.1) is 5.82 Å². The number of anilines is 1. The van der Waals surface area contributed by atoms with Gasteiger partial charge in [-0.3, -0.25) is 4.79 Å². The molecule has 2 heterocycles. The van der Waals surface area contributed by atoms with E-state index in [0.29, 0.717) is 25.1 Å². The molecule has 0 fully saturated rings. The van der Waals surface area contributed by atoms with Crippen molar-refractivity contribution in [3.63, 3.8) is 0 Å². The molecule has 0 bridgehead atoms. The fourth-order valence-electron chi connectivity index (χ4n) is 2.30. The summed E-state index contributed by atoms with van der Waals surface area (Å²) >= 11 is 0. The third-order valence-electron chi connectivity index (χ3n) is 3.32. The molecule has 2 N–H and O–H groups in total. The topological polar surface area (TPSA) is 72.1 Å². The van der Waals surface area contributed by atoms with Crippen LogP contribution in [0.25, 0.3) is 0 Å². The van der Waals surface area contributed by atoms with Gasteiger partial charge in [-0.05, 0) is 30.2 Å². The zero-order valence-electron chi connectivity index (χ0n) is 10.7. The molecule has 3 rings (SSSR count). The van der Waals surface area contributed by atoms with Crippen molar-refractivity contribution < 1.29 is 9.18 Å². The lowest BCUT2D eigenvalue weighted by atomic mass is 10.1. The van der Waals surface area contributed by atoms with Gasteiger partial charge in [-0.25, -0.2) is 14.4 Å². The largest absolute Gasteiger partial charge is 0.368 e. The number of amides is 1. The highest BCUT2D eigenvalue weighted by atomic mass is 19.1. The van der Waals surface area contributed by atoms with Crippen molar-refractivity contribution in [1.82, 2.24) is 14.9 Å². The Hall–Kier alpha value is -2.50. The number of hydrogen-bond donors (Lipinski definition) is 1. The van der Waals surface area contributed by atoms with E-state index < -0.39 is 5.82 Å². The number of benzene rings is 1. The van der Waals surface area contributed by atoms with Crippen LogP contribution in [-0.4, -0.2) is 27.3 Å². The van der Waals surface area contributed by atoms with Crippen LogP contribution >= 0.6 is 0 Å². The first-order chi connectivity index (χ1) is 9.63.